The summed E-state index contributed by atoms with van der Waals surface area (Å²) >= 11 is 0. The van der Waals surface area contributed by atoms with Gasteiger partial charge in [0.2, 0.25) is 11.8 Å². The lowest BCUT2D eigenvalue weighted by molar-refractivity contribution is -0.915. The molecule has 2 saturated heterocycles. The average Bonchev–Trinajstić information content (AvgIpc) is 3.00. The molecule has 5 nitrogen and oxygen atoms in total. The van der Waals surface area contributed by atoms with Gasteiger partial charge < -0.3 is 9.64 Å². The molecule has 142 valence electrons. The zero-order valence-electron chi connectivity index (χ0n) is 15.6. The molecule has 2 fully saturated rings. The lowest BCUT2D eigenvalue weighted by Crippen LogP contribution is -3.15. The molecule has 5 aliphatic rings. The molecule has 2 atom stereocenters. The van der Waals surface area contributed by atoms with E-state index in [9.17, 15) is 9.59 Å². The van der Waals surface area contributed by atoms with Crippen LogP contribution in [-0.2, 0) is 14.3 Å². The lowest BCUT2D eigenvalue weighted by Gasteiger charge is -2.45. The summed E-state index contributed by atoms with van der Waals surface area (Å²) in [5.41, 5.74) is 4.92. The number of imide groups is 1. The summed E-state index contributed by atoms with van der Waals surface area (Å²) in [7, 11) is 0. The van der Waals surface area contributed by atoms with E-state index in [2.05, 4.69) is 24.3 Å². The van der Waals surface area contributed by atoms with E-state index in [1.165, 1.54) is 27.2 Å². The van der Waals surface area contributed by atoms with Gasteiger partial charge in [0.15, 0.2) is 6.67 Å². The zero-order chi connectivity index (χ0) is 18.8. The molecule has 2 amide bonds. The first kappa shape index (κ1) is 16.5. The Kier molecular flexibility index (Phi) is 3.52. The van der Waals surface area contributed by atoms with Crippen molar-refractivity contribution in [1.29, 1.82) is 0 Å². The van der Waals surface area contributed by atoms with Gasteiger partial charge in [0.25, 0.3) is 0 Å². The molecule has 2 bridgehead atoms. The highest BCUT2D eigenvalue weighted by molar-refractivity contribution is 6.07. The van der Waals surface area contributed by atoms with Crippen LogP contribution in [0.5, 0.6) is 0 Å². The van der Waals surface area contributed by atoms with Crippen molar-refractivity contribution in [3.05, 3.63) is 70.8 Å². The van der Waals surface area contributed by atoms with Crippen molar-refractivity contribution in [2.45, 2.75) is 11.8 Å². The van der Waals surface area contributed by atoms with Crippen molar-refractivity contribution in [3.8, 4) is 0 Å². The summed E-state index contributed by atoms with van der Waals surface area (Å²) in [4.78, 5) is 29.8. The van der Waals surface area contributed by atoms with Crippen LogP contribution >= 0.6 is 0 Å². The minimum absolute atomic E-state index is 0.0106. The number of hydrogen-bond acceptors (Lipinski definition) is 3. The second kappa shape index (κ2) is 6.00. The second-order valence-electron chi connectivity index (χ2n) is 8.39. The molecule has 0 spiro atoms. The minimum atomic E-state index is -0.261. The number of nitrogens with zero attached hydrogens (tertiary/aromatic N) is 1. The summed E-state index contributed by atoms with van der Waals surface area (Å²) in [6, 6.07) is 16.8. The summed E-state index contributed by atoms with van der Waals surface area (Å²) in [5.74, 6) is -0.501. The number of benzene rings is 2. The Morgan fingerprint density at radius 1 is 0.786 bits per heavy atom. The molecule has 0 radical (unpaired) electrons. The molecular formula is C23H23N2O3+. The highest BCUT2D eigenvalue weighted by Crippen LogP contribution is 2.60. The zero-order valence-corrected chi connectivity index (χ0v) is 15.6. The van der Waals surface area contributed by atoms with Crippen LogP contribution in [0.15, 0.2) is 48.5 Å². The Morgan fingerprint density at radius 2 is 1.21 bits per heavy atom. The minimum Gasteiger partial charge on any atom is -0.370 e. The molecule has 2 aromatic rings. The van der Waals surface area contributed by atoms with Crippen LogP contribution in [0.3, 0.4) is 0 Å². The first-order chi connectivity index (χ1) is 13.8. The van der Waals surface area contributed by atoms with E-state index in [0.29, 0.717) is 19.9 Å². The fourth-order valence-corrected chi connectivity index (χ4v) is 5.94. The molecule has 0 saturated carbocycles. The van der Waals surface area contributed by atoms with Crippen molar-refractivity contribution >= 4 is 11.8 Å². The van der Waals surface area contributed by atoms with Crippen molar-refractivity contribution in [2.24, 2.45) is 11.8 Å². The standard InChI is InChI=1S/C23H22N2O3/c26-22-20-18-14-5-1-2-6-15(14)19(17-8-4-3-7-16(17)18)21(20)23(27)25(22)13-24-9-11-28-12-10-24/h1-8,18-21H,9-13H2/p+1/t18?,19?,20-,21-/m0/s1. The first-order valence-corrected chi connectivity index (χ1v) is 10.2. The number of ether oxygens (including phenoxy) is 1. The van der Waals surface area contributed by atoms with Gasteiger partial charge in [0, 0.05) is 11.8 Å². The molecule has 2 aromatic carbocycles. The molecule has 3 aliphatic carbocycles. The van der Waals surface area contributed by atoms with E-state index in [-0.39, 0.29) is 35.5 Å². The molecule has 0 unspecified atom stereocenters. The van der Waals surface area contributed by atoms with Crippen LogP contribution in [0.25, 0.3) is 0 Å². The van der Waals surface area contributed by atoms with E-state index in [1.54, 1.807) is 4.90 Å². The first-order valence-electron chi connectivity index (χ1n) is 10.2. The number of likely N-dealkylation sites (tertiary alicyclic amines) is 1. The van der Waals surface area contributed by atoms with Gasteiger partial charge in [0.1, 0.15) is 13.1 Å². The summed E-state index contributed by atoms with van der Waals surface area (Å²) in [6.45, 7) is 3.56. The van der Waals surface area contributed by atoms with Crippen LogP contribution in [0.2, 0.25) is 0 Å². The number of carbonyl (C=O) groups is 2. The molecule has 2 aliphatic heterocycles. The Labute approximate surface area is 163 Å². The third kappa shape index (κ3) is 2.09. The molecule has 0 aromatic heterocycles. The number of quaternary nitrogens is 1. The fraction of sp³-hybridized carbons (Fsp3) is 0.391. The number of amides is 2. The van der Waals surface area contributed by atoms with Gasteiger partial charge in [-0.2, -0.15) is 0 Å². The van der Waals surface area contributed by atoms with Gasteiger partial charge in [0.05, 0.1) is 25.0 Å². The summed E-state index contributed by atoms with van der Waals surface area (Å²) in [6.07, 6.45) is 0. The number of hydrogen-bond donors (Lipinski definition) is 1. The van der Waals surface area contributed by atoms with E-state index in [1.807, 2.05) is 24.3 Å². The number of nitrogens with one attached hydrogen (secondary N) is 1. The Bertz CT molecular complexity index is 866. The Hall–Kier alpha value is -2.50. The van der Waals surface area contributed by atoms with Crippen LogP contribution in [0.4, 0.5) is 0 Å². The SMILES string of the molecule is O=C1[C@H]2C3c4ccccc4C(c4ccccc43)[C@@H]2C(=O)N1C[NH+]1CCOCC1. The van der Waals surface area contributed by atoms with Gasteiger partial charge in [-0.1, -0.05) is 48.5 Å². The Balaban J connectivity index is 1.45. The average molecular weight is 375 g/mol. The quantitative estimate of drug-likeness (QED) is 0.789. The smallest absolute Gasteiger partial charge is 0.238 e. The van der Waals surface area contributed by atoms with Crippen molar-refractivity contribution in [2.75, 3.05) is 33.0 Å². The maximum absolute atomic E-state index is 13.5. The van der Waals surface area contributed by atoms with Gasteiger partial charge in [-0.25, -0.2) is 4.90 Å². The molecule has 28 heavy (non-hydrogen) atoms. The maximum atomic E-state index is 13.5. The number of rotatable bonds is 2. The number of morpholine rings is 1. The normalized spacial score (nSPS) is 30.9. The molecular weight excluding hydrogens is 352 g/mol. The van der Waals surface area contributed by atoms with E-state index in [0.717, 1.165) is 13.1 Å². The molecule has 1 N–H and O–H groups in total. The Morgan fingerprint density at radius 3 is 1.64 bits per heavy atom. The topological polar surface area (TPSA) is 51.0 Å². The predicted octanol–water partition coefficient (Wildman–Crippen LogP) is 0.751. The molecule has 7 rings (SSSR count). The van der Waals surface area contributed by atoms with E-state index >= 15 is 0 Å². The van der Waals surface area contributed by atoms with Gasteiger partial charge in [-0.05, 0) is 22.3 Å². The largest absolute Gasteiger partial charge is 0.370 e. The van der Waals surface area contributed by atoms with Gasteiger partial charge >= 0.3 is 0 Å². The van der Waals surface area contributed by atoms with E-state index in [4.69, 9.17) is 4.74 Å². The van der Waals surface area contributed by atoms with Crippen LogP contribution in [0, 0.1) is 11.8 Å². The third-order valence-electron chi connectivity index (χ3n) is 7.12. The summed E-state index contributed by atoms with van der Waals surface area (Å²) < 4.78 is 5.43. The van der Waals surface area contributed by atoms with Gasteiger partial charge in [-0.3, -0.25) is 9.59 Å². The predicted molar refractivity (Wildman–Crippen MR) is 102 cm³/mol. The van der Waals surface area contributed by atoms with Crippen LogP contribution < -0.4 is 4.90 Å². The fourth-order valence-electron chi connectivity index (χ4n) is 5.94. The molecule has 2 heterocycles. The monoisotopic (exact) mass is 375 g/mol. The third-order valence-corrected chi connectivity index (χ3v) is 7.12. The summed E-state index contributed by atoms with van der Waals surface area (Å²) in [5, 5.41) is 0. The van der Waals surface area contributed by atoms with Crippen LogP contribution in [0.1, 0.15) is 34.1 Å². The highest BCUT2D eigenvalue weighted by atomic mass is 16.5. The molecule has 5 heteroatoms. The maximum Gasteiger partial charge on any atom is 0.238 e. The lowest BCUT2D eigenvalue weighted by atomic mass is 9.55. The number of carbonyl (C=O) groups excluding carboxylic acids is 2. The highest BCUT2D eigenvalue weighted by Gasteiger charge is 2.61. The van der Waals surface area contributed by atoms with Crippen molar-refractivity contribution in [3.63, 3.8) is 0 Å². The van der Waals surface area contributed by atoms with Crippen molar-refractivity contribution in [1.82, 2.24) is 4.90 Å². The van der Waals surface area contributed by atoms with Crippen LogP contribution in [-0.4, -0.2) is 49.7 Å². The second-order valence-corrected chi connectivity index (χ2v) is 8.39. The van der Waals surface area contributed by atoms with Crippen molar-refractivity contribution < 1.29 is 19.2 Å². The van der Waals surface area contributed by atoms with E-state index < -0.39 is 0 Å². The van der Waals surface area contributed by atoms with Gasteiger partial charge in [-0.15, -0.1) is 0 Å².